The summed E-state index contributed by atoms with van der Waals surface area (Å²) in [6, 6.07) is -0.156. The molecule has 3 heterocycles. The SMILES string of the molecule is O=C(O)CC1CCCN1C(=O)Cc1csc2nccn12. The minimum Gasteiger partial charge on any atom is -0.481 e. The van der Waals surface area contributed by atoms with Crippen molar-refractivity contribution in [1.82, 2.24) is 14.3 Å². The first-order valence-corrected chi connectivity index (χ1v) is 7.44. The Morgan fingerprint density at radius 3 is 3.15 bits per heavy atom. The monoisotopic (exact) mass is 293 g/mol. The van der Waals surface area contributed by atoms with Gasteiger partial charge in [0.05, 0.1) is 12.8 Å². The molecule has 1 N–H and O–H groups in total. The van der Waals surface area contributed by atoms with E-state index in [0.717, 1.165) is 23.5 Å². The number of rotatable bonds is 4. The van der Waals surface area contributed by atoms with E-state index in [9.17, 15) is 9.59 Å². The van der Waals surface area contributed by atoms with Crippen LogP contribution in [0.1, 0.15) is 25.0 Å². The number of carbonyl (C=O) groups is 2. The molecule has 2 aromatic rings. The first-order chi connectivity index (χ1) is 9.65. The van der Waals surface area contributed by atoms with Gasteiger partial charge in [-0.3, -0.25) is 14.0 Å². The topological polar surface area (TPSA) is 74.9 Å². The number of carboxylic acid groups (broad SMARTS) is 1. The maximum atomic E-state index is 12.4. The summed E-state index contributed by atoms with van der Waals surface area (Å²) < 4.78 is 1.91. The number of nitrogens with zero attached hydrogens (tertiary/aromatic N) is 3. The van der Waals surface area contributed by atoms with Crippen LogP contribution >= 0.6 is 11.3 Å². The van der Waals surface area contributed by atoms with E-state index in [1.54, 1.807) is 11.1 Å². The van der Waals surface area contributed by atoms with Gasteiger partial charge in [0.2, 0.25) is 5.91 Å². The van der Waals surface area contributed by atoms with Crippen molar-refractivity contribution in [3.8, 4) is 0 Å². The molecule has 1 unspecified atom stereocenters. The Bertz CT molecular complexity index is 648. The summed E-state index contributed by atoms with van der Waals surface area (Å²) in [4.78, 5) is 30.0. The van der Waals surface area contributed by atoms with Gasteiger partial charge in [-0.1, -0.05) is 0 Å². The second-order valence-electron chi connectivity index (χ2n) is 4.96. The van der Waals surface area contributed by atoms with Crippen molar-refractivity contribution in [1.29, 1.82) is 0 Å². The molecule has 1 aliphatic heterocycles. The van der Waals surface area contributed by atoms with Crippen molar-refractivity contribution in [2.45, 2.75) is 31.7 Å². The Morgan fingerprint density at radius 1 is 1.50 bits per heavy atom. The van der Waals surface area contributed by atoms with Crippen LogP contribution in [0.5, 0.6) is 0 Å². The van der Waals surface area contributed by atoms with E-state index in [1.165, 1.54) is 11.3 Å². The van der Waals surface area contributed by atoms with Crippen LogP contribution in [0, 0.1) is 0 Å². The molecule has 106 valence electrons. The lowest BCUT2D eigenvalue weighted by Gasteiger charge is -2.23. The van der Waals surface area contributed by atoms with Crippen LogP contribution in [0.2, 0.25) is 0 Å². The lowest BCUT2D eigenvalue weighted by atomic mass is 10.1. The molecule has 1 fully saturated rings. The highest BCUT2D eigenvalue weighted by Gasteiger charge is 2.30. The molecule has 0 radical (unpaired) electrons. The molecule has 2 aromatic heterocycles. The number of aromatic nitrogens is 2. The fraction of sp³-hybridized carbons (Fsp3) is 0.462. The van der Waals surface area contributed by atoms with Crippen LogP contribution in [0.15, 0.2) is 17.8 Å². The van der Waals surface area contributed by atoms with Gasteiger partial charge in [-0.2, -0.15) is 0 Å². The number of thiazole rings is 1. The number of amides is 1. The summed E-state index contributed by atoms with van der Waals surface area (Å²) in [5.74, 6) is -0.843. The minimum absolute atomic E-state index is 0.00199. The molecular weight excluding hydrogens is 278 g/mol. The van der Waals surface area contributed by atoms with Crippen LogP contribution in [-0.4, -0.2) is 43.9 Å². The predicted octanol–water partition coefficient (Wildman–Crippen LogP) is 1.40. The van der Waals surface area contributed by atoms with E-state index in [0.29, 0.717) is 13.0 Å². The zero-order valence-corrected chi connectivity index (χ0v) is 11.7. The van der Waals surface area contributed by atoms with Gasteiger partial charge in [-0.05, 0) is 12.8 Å². The van der Waals surface area contributed by atoms with E-state index in [1.807, 2.05) is 16.0 Å². The first-order valence-electron chi connectivity index (χ1n) is 6.56. The van der Waals surface area contributed by atoms with Crippen molar-refractivity contribution in [2.75, 3.05) is 6.54 Å². The van der Waals surface area contributed by atoms with Gasteiger partial charge in [0, 0.05) is 36.1 Å². The van der Waals surface area contributed by atoms with Gasteiger partial charge in [-0.15, -0.1) is 11.3 Å². The van der Waals surface area contributed by atoms with Gasteiger partial charge in [0.25, 0.3) is 0 Å². The lowest BCUT2D eigenvalue weighted by molar-refractivity contribution is -0.139. The first kappa shape index (κ1) is 13.1. The van der Waals surface area contributed by atoms with Crippen LogP contribution in [-0.2, 0) is 16.0 Å². The standard InChI is InChI=1S/C13H15N3O3S/c17-11(15-4-1-2-9(15)7-12(18)19)6-10-8-20-13-14-3-5-16(10)13/h3,5,8-9H,1-2,4,6-7H2,(H,18,19). The average Bonchev–Trinajstić information content (AvgIpc) is 3.06. The molecule has 0 spiro atoms. The third-order valence-corrected chi connectivity index (χ3v) is 4.56. The predicted molar refractivity (Wildman–Crippen MR) is 73.8 cm³/mol. The molecule has 6 nitrogen and oxygen atoms in total. The van der Waals surface area contributed by atoms with Crippen LogP contribution in [0.4, 0.5) is 0 Å². The van der Waals surface area contributed by atoms with Crippen molar-refractivity contribution in [3.63, 3.8) is 0 Å². The van der Waals surface area contributed by atoms with Gasteiger partial charge in [0.15, 0.2) is 4.96 Å². The number of imidazole rings is 1. The zero-order chi connectivity index (χ0) is 14.1. The van der Waals surface area contributed by atoms with E-state index in [-0.39, 0.29) is 18.4 Å². The minimum atomic E-state index is -0.845. The zero-order valence-electron chi connectivity index (χ0n) is 10.9. The molecule has 1 saturated heterocycles. The number of carboxylic acids is 1. The number of aliphatic carboxylic acids is 1. The molecule has 1 amide bonds. The molecule has 1 atom stereocenters. The molecule has 0 aromatic carbocycles. The van der Waals surface area contributed by atoms with Crippen molar-refractivity contribution >= 4 is 28.2 Å². The van der Waals surface area contributed by atoms with Crippen LogP contribution < -0.4 is 0 Å². The number of fused-ring (bicyclic) bond motifs is 1. The summed E-state index contributed by atoms with van der Waals surface area (Å²) in [6.07, 6.45) is 5.55. The maximum absolute atomic E-state index is 12.4. The molecular formula is C13H15N3O3S. The van der Waals surface area contributed by atoms with Crippen molar-refractivity contribution in [3.05, 3.63) is 23.5 Å². The lowest BCUT2D eigenvalue weighted by Crippen LogP contribution is -2.37. The Kier molecular flexibility index (Phi) is 3.43. The van der Waals surface area contributed by atoms with E-state index < -0.39 is 5.97 Å². The maximum Gasteiger partial charge on any atom is 0.305 e. The summed E-state index contributed by atoms with van der Waals surface area (Å²) in [6.45, 7) is 0.661. The van der Waals surface area contributed by atoms with E-state index >= 15 is 0 Å². The van der Waals surface area contributed by atoms with E-state index in [2.05, 4.69) is 4.98 Å². The van der Waals surface area contributed by atoms with Crippen molar-refractivity contribution < 1.29 is 14.7 Å². The molecule has 1 aliphatic rings. The molecule has 7 heteroatoms. The second-order valence-corrected chi connectivity index (χ2v) is 5.80. The molecule has 3 rings (SSSR count). The highest BCUT2D eigenvalue weighted by atomic mass is 32.1. The third kappa shape index (κ3) is 2.40. The molecule has 0 saturated carbocycles. The van der Waals surface area contributed by atoms with Crippen LogP contribution in [0.25, 0.3) is 4.96 Å². The Morgan fingerprint density at radius 2 is 2.35 bits per heavy atom. The van der Waals surface area contributed by atoms with Gasteiger partial charge in [0.1, 0.15) is 0 Å². The summed E-state index contributed by atoms with van der Waals surface area (Å²) in [7, 11) is 0. The van der Waals surface area contributed by atoms with E-state index in [4.69, 9.17) is 5.11 Å². The highest BCUT2D eigenvalue weighted by Crippen LogP contribution is 2.22. The summed E-state index contributed by atoms with van der Waals surface area (Å²) >= 11 is 1.50. The Labute approximate surface area is 119 Å². The highest BCUT2D eigenvalue weighted by molar-refractivity contribution is 7.15. The number of likely N-dealkylation sites (tertiary alicyclic amines) is 1. The fourth-order valence-corrected chi connectivity index (χ4v) is 3.59. The molecule has 0 aliphatic carbocycles. The van der Waals surface area contributed by atoms with Gasteiger partial charge in [-0.25, -0.2) is 4.98 Å². The Hall–Kier alpha value is -1.89. The molecule has 0 bridgehead atoms. The van der Waals surface area contributed by atoms with Gasteiger partial charge >= 0.3 is 5.97 Å². The number of carbonyl (C=O) groups excluding carboxylic acids is 1. The quantitative estimate of drug-likeness (QED) is 0.924. The van der Waals surface area contributed by atoms with Gasteiger partial charge < -0.3 is 10.0 Å². The second kappa shape index (κ2) is 5.24. The van der Waals surface area contributed by atoms with Crippen molar-refractivity contribution in [2.24, 2.45) is 0 Å². The fourth-order valence-electron chi connectivity index (χ4n) is 2.73. The number of hydrogen-bond acceptors (Lipinski definition) is 4. The number of hydrogen-bond donors (Lipinski definition) is 1. The average molecular weight is 293 g/mol. The normalized spacial score (nSPS) is 18.8. The smallest absolute Gasteiger partial charge is 0.305 e. The summed E-state index contributed by atoms with van der Waals surface area (Å²) in [5.41, 5.74) is 0.911. The third-order valence-electron chi connectivity index (χ3n) is 3.66. The largest absolute Gasteiger partial charge is 0.481 e. The van der Waals surface area contributed by atoms with Crippen LogP contribution in [0.3, 0.4) is 0 Å². The molecule has 20 heavy (non-hydrogen) atoms. The Balaban J connectivity index is 1.72. The summed E-state index contributed by atoms with van der Waals surface area (Å²) in [5, 5.41) is 10.8.